The van der Waals surface area contributed by atoms with Crippen molar-refractivity contribution < 1.29 is 14.0 Å². The van der Waals surface area contributed by atoms with Crippen molar-refractivity contribution in [1.29, 1.82) is 5.26 Å². The maximum atomic E-state index is 12.5. The second kappa shape index (κ2) is 7.95. The Balaban J connectivity index is 2.95. The zero-order valence-electron chi connectivity index (χ0n) is 17.8. The summed E-state index contributed by atoms with van der Waals surface area (Å²) < 4.78 is 6.49. The number of imide groups is 1. The molecule has 0 aliphatic rings. The SMILES string of the molecule is CC(C)(O[Si](C)(C)C(C)(C)C)[C@](C)(C#N)CC(=O)NC(=O)c1ccccc1. The van der Waals surface area contributed by atoms with Gasteiger partial charge in [0.25, 0.3) is 5.91 Å². The van der Waals surface area contributed by atoms with E-state index in [4.69, 9.17) is 4.43 Å². The molecule has 0 radical (unpaired) electrons. The molecular formula is C21H32N2O3Si. The molecule has 0 bridgehead atoms. The molecule has 0 unspecified atom stereocenters. The number of amides is 2. The van der Waals surface area contributed by atoms with E-state index in [2.05, 4.69) is 45.3 Å². The highest BCUT2D eigenvalue weighted by Gasteiger charge is 2.50. The lowest BCUT2D eigenvalue weighted by Gasteiger charge is -2.47. The predicted molar refractivity (Wildman–Crippen MR) is 110 cm³/mol. The molecule has 6 heteroatoms. The van der Waals surface area contributed by atoms with Gasteiger partial charge in [0.1, 0.15) is 0 Å². The minimum Gasteiger partial charge on any atom is -0.410 e. The third-order valence-electron chi connectivity index (χ3n) is 5.70. The number of rotatable bonds is 6. The van der Waals surface area contributed by atoms with Crippen LogP contribution in [0.1, 0.15) is 58.3 Å². The fourth-order valence-corrected chi connectivity index (χ4v) is 4.25. The van der Waals surface area contributed by atoms with E-state index >= 15 is 0 Å². The highest BCUT2D eigenvalue weighted by atomic mass is 28.4. The summed E-state index contributed by atoms with van der Waals surface area (Å²) in [7, 11) is -2.15. The molecule has 0 heterocycles. The highest BCUT2D eigenvalue weighted by Crippen LogP contribution is 2.45. The molecule has 148 valence electrons. The molecule has 27 heavy (non-hydrogen) atoms. The molecule has 0 fully saturated rings. The third-order valence-corrected chi connectivity index (χ3v) is 10.3. The molecule has 1 atom stereocenters. The van der Waals surface area contributed by atoms with Crippen molar-refractivity contribution in [3.63, 3.8) is 0 Å². The van der Waals surface area contributed by atoms with Gasteiger partial charge < -0.3 is 4.43 Å². The van der Waals surface area contributed by atoms with Gasteiger partial charge in [-0.15, -0.1) is 0 Å². The first-order valence-electron chi connectivity index (χ1n) is 9.16. The molecule has 1 aromatic rings. The van der Waals surface area contributed by atoms with E-state index in [-0.39, 0.29) is 11.5 Å². The number of benzene rings is 1. The average Bonchev–Trinajstić information content (AvgIpc) is 2.53. The van der Waals surface area contributed by atoms with Gasteiger partial charge in [-0.2, -0.15) is 5.26 Å². The van der Waals surface area contributed by atoms with Gasteiger partial charge in [-0.3, -0.25) is 14.9 Å². The van der Waals surface area contributed by atoms with Crippen LogP contribution in [0, 0.1) is 16.7 Å². The smallest absolute Gasteiger partial charge is 0.257 e. The second-order valence-electron chi connectivity index (χ2n) is 9.24. The van der Waals surface area contributed by atoms with Crippen molar-refractivity contribution in [1.82, 2.24) is 5.32 Å². The van der Waals surface area contributed by atoms with Gasteiger partial charge in [-0.05, 0) is 51.0 Å². The van der Waals surface area contributed by atoms with Gasteiger partial charge in [0.15, 0.2) is 8.32 Å². The third kappa shape index (κ3) is 5.50. The van der Waals surface area contributed by atoms with Crippen molar-refractivity contribution in [2.24, 2.45) is 5.41 Å². The lowest BCUT2D eigenvalue weighted by molar-refractivity contribution is -0.124. The van der Waals surface area contributed by atoms with Gasteiger partial charge in [0.05, 0.1) is 17.1 Å². The number of carbonyl (C=O) groups is 2. The molecule has 0 aliphatic carbocycles. The zero-order chi connectivity index (χ0) is 21.1. The maximum Gasteiger partial charge on any atom is 0.257 e. The molecule has 0 saturated carbocycles. The van der Waals surface area contributed by atoms with Crippen LogP contribution >= 0.6 is 0 Å². The summed E-state index contributed by atoms with van der Waals surface area (Å²) in [6.07, 6.45) is -0.121. The van der Waals surface area contributed by atoms with Crippen molar-refractivity contribution in [2.45, 2.75) is 71.7 Å². The quantitative estimate of drug-likeness (QED) is 0.719. The molecule has 0 spiro atoms. The lowest BCUT2D eigenvalue weighted by Crippen LogP contribution is -2.54. The fourth-order valence-electron chi connectivity index (χ4n) is 2.44. The normalized spacial score (nSPS) is 14.8. The number of nitrogens with one attached hydrogen (secondary N) is 1. The van der Waals surface area contributed by atoms with Gasteiger partial charge >= 0.3 is 0 Å². The first-order chi connectivity index (χ1) is 12.2. The van der Waals surface area contributed by atoms with Crippen LogP contribution in [0.4, 0.5) is 0 Å². The first-order valence-corrected chi connectivity index (χ1v) is 12.1. The Morgan fingerprint density at radius 1 is 1.07 bits per heavy atom. The largest absolute Gasteiger partial charge is 0.410 e. The molecule has 0 aliphatic heterocycles. The van der Waals surface area contributed by atoms with E-state index in [0.29, 0.717) is 5.56 Å². The lowest BCUT2D eigenvalue weighted by atomic mass is 9.74. The molecule has 5 nitrogen and oxygen atoms in total. The van der Waals surface area contributed by atoms with Crippen LogP contribution in [0.3, 0.4) is 0 Å². The Labute approximate surface area is 164 Å². The average molecular weight is 389 g/mol. The summed E-state index contributed by atoms with van der Waals surface area (Å²) in [5.41, 5.74) is -1.53. The van der Waals surface area contributed by atoms with E-state index in [1.165, 1.54) is 0 Å². The standard InChI is InChI=1S/C21H32N2O3Si/c1-19(2,3)27(7,8)26-20(4,5)21(6,15-22)14-17(24)23-18(25)16-12-10-9-11-13-16/h9-13H,14H2,1-8H3,(H,23,24,25)/t21-/m0/s1. The van der Waals surface area contributed by atoms with E-state index in [1.54, 1.807) is 37.3 Å². The monoisotopic (exact) mass is 388 g/mol. The van der Waals surface area contributed by atoms with Crippen LogP contribution in [0.2, 0.25) is 18.1 Å². The molecule has 0 saturated heterocycles. The van der Waals surface area contributed by atoms with Crippen LogP contribution in [0.5, 0.6) is 0 Å². The molecule has 0 aromatic heterocycles. The second-order valence-corrected chi connectivity index (χ2v) is 14.0. The maximum absolute atomic E-state index is 12.5. The molecule has 2 amide bonds. The van der Waals surface area contributed by atoms with Crippen molar-refractivity contribution in [3.8, 4) is 6.07 Å². The number of nitrogens with zero attached hydrogens (tertiary/aromatic N) is 1. The van der Waals surface area contributed by atoms with Gasteiger partial charge in [0.2, 0.25) is 5.91 Å². The van der Waals surface area contributed by atoms with Crippen molar-refractivity contribution in [3.05, 3.63) is 35.9 Å². The van der Waals surface area contributed by atoms with Gasteiger partial charge in [-0.1, -0.05) is 39.0 Å². The van der Waals surface area contributed by atoms with Crippen molar-refractivity contribution in [2.75, 3.05) is 0 Å². The number of carbonyl (C=O) groups excluding carboxylic acids is 2. The zero-order valence-corrected chi connectivity index (χ0v) is 18.8. The van der Waals surface area contributed by atoms with Crippen LogP contribution in [0.25, 0.3) is 0 Å². The molecule has 1 N–H and O–H groups in total. The summed E-state index contributed by atoms with van der Waals surface area (Å²) in [5, 5.41) is 12.2. The topological polar surface area (TPSA) is 79.2 Å². The Morgan fingerprint density at radius 2 is 1.59 bits per heavy atom. The van der Waals surface area contributed by atoms with E-state index in [9.17, 15) is 14.9 Å². The highest BCUT2D eigenvalue weighted by molar-refractivity contribution is 6.74. The van der Waals surface area contributed by atoms with E-state index in [0.717, 1.165) is 0 Å². The predicted octanol–water partition coefficient (Wildman–Crippen LogP) is 4.66. The van der Waals surface area contributed by atoms with Crippen LogP contribution in [0.15, 0.2) is 30.3 Å². The Bertz CT molecular complexity index is 730. The number of hydrogen-bond acceptors (Lipinski definition) is 4. The van der Waals surface area contributed by atoms with E-state index < -0.39 is 31.1 Å². The van der Waals surface area contributed by atoms with E-state index in [1.807, 2.05) is 13.8 Å². The van der Waals surface area contributed by atoms with Crippen LogP contribution in [-0.4, -0.2) is 25.7 Å². The minimum absolute atomic E-state index is 0.0217. The Morgan fingerprint density at radius 3 is 2.04 bits per heavy atom. The first kappa shape index (κ1) is 23.1. The van der Waals surface area contributed by atoms with Crippen molar-refractivity contribution >= 4 is 20.1 Å². The van der Waals surface area contributed by atoms with Gasteiger partial charge in [0, 0.05) is 12.0 Å². The summed E-state index contributed by atoms with van der Waals surface area (Å²) >= 11 is 0. The Hall–Kier alpha value is -1.97. The van der Waals surface area contributed by atoms with Crippen LogP contribution < -0.4 is 5.32 Å². The fraction of sp³-hybridized carbons (Fsp3) is 0.571. The number of hydrogen-bond donors (Lipinski definition) is 1. The molecule has 1 aromatic carbocycles. The summed E-state index contributed by atoms with van der Waals surface area (Å²) in [6, 6.07) is 10.8. The molecular weight excluding hydrogens is 356 g/mol. The summed E-state index contributed by atoms with van der Waals surface area (Å²) in [6.45, 7) is 16.0. The summed E-state index contributed by atoms with van der Waals surface area (Å²) in [5.74, 6) is -0.955. The Kier molecular flexibility index (Phi) is 6.79. The molecule has 1 rings (SSSR count). The summed E-state index contributed by atoms with van der Waals surface area (Å²) in [4.78, 5) is 24.7. The number of nitriles is 1. The van der Waals surface area contributed by atoms with Crippen LogP contribution in [-0.2, 0) is 9.22 Å². The van der Waals surface area contributed by atoms with Gasteiger partial charge in [-0.25, -0.2) is 0 Å². The minimum atomic E-state index is -2.15.